The zero-order valence-electron chi connectivity index (χ0n) is 7.43. The highest BCUT2D eigenvalue weighted by Crippen LogP contribution is 2.04. The van der Waals surface area contributed by atoms with Gasteiger partial charge in [-0.3, -0.25) is 4.79 Å². The third kappa shape index (κ3) is 3.50. The summed E-state index contributed by atoms with van der Waals surface area (Å²) >= 11 is 1.42. The molecule has 5 heteroatoms. The van der Waals surface area contributed by atoms with Crippen molar-refractivity contribution in [1.29, 1.82) is 0 Å². The Morgan fingerprint density at radius 3 is 3.08 bits per heavy atom. The predicted octanol–water partition coefficient (Wildman–Crippen LogP) is 0.780. The van der Waals surface area contributed by atoms with Crippen LogP contribution in [0.15, 0.2) is 12.4 Å². The van der Waals surface area contributed by atoms with Crippen molar-refractivity contribution in [2.45, 2.75) is 6.42 Å². The molecule has 4 nitrogen and oxygen atoms in total. The smallest absolute Gasteiger partial charge is 0.313 e. The number of carboxylic acid groups (broad SMARTS) is 1. The fraction of sp³-hybridized carbons (Fsp3) is 0.500. The number of rotatable bonds is 5. The number of nitrogens with zero attached hydrogens (tertiary/aromatic N) is 2. The van der Waals surface area contributed by atoms with Crippen molar-refractivity contribution < 1.29 is 9.90 Å². The topological polar surface area (TPSA) is 55.1 Å². The van der Waals surface area contributed by atoms with Crippen molar-refractivity contribution in [3.8, 4) is 0 Å². The van der Waals surface area contributed by atoms with Crippen molar-refractivity contribution in [2.75, 3.05) is 11.5 Å². The molecule has 0 aliphatic rings. The summed E-state index contributed by atoms with van der Waals surface area (Å²) in [5.41, 5.74) is 0. The van der Waals surface area contributed by atoms with E-state index in [0.29, 0.717) is 0 Å². The van der Waals surface area contributed by atoms with Crippen LogP contribution in [0.5, 0.6) is 0 Å². The minimum atomic E-state index is -0.759. The Labute approximate surface area is 81.0 Å². The summed E-state index contributed by atoms with van der Waals surface area (Å²) < 4.78 is 1.95. The van der Waals surface area contributed by atoms with E-state index in [9.17, 15) is 4.79 Å². The standard InChI is InChI=1S/C8H12N2O2S/c1-10-4-3-9-7(10)2-5-13-6-8(11)12/h3-4H,2,5-6H2,1H3,(H,11,12). The summed E-state index contributed by atoms with van der Waals surface area (Å²) in [6, 6.07) is 0. The van der Waals surface area contributed by atoms with Crippen LogP contribution in [-0.4, -0.2) is 32.1 Å². The van der Waals surface area contributed by atoms with Gasteiger partial charge in [0.2, 0.25) is 0 Å². The molecule has 0 fully saturated rings. The molecule has 0 saturated carbocycles. The first-order valence-electron chi connectivity index (χ1n) is 3.96. The molecular weight excluding hydrogens is 188 g/mol. The van der Waals surface area contributed by atoms with Crippen molar-refractivity contribution in [1.82, 2.24) is 9.55 Å². The van der Waals surface area contributed by atoms with Gasteiger partial charge in [0.25, 0.3) is 0 Å². The number of aromatic nitrogens is 2. The number of aliphatic carboxylic acids is 1. The van der Waals surface area contributed by atoms with Gasteiger partial charge in [-0.1, -0.05) is 0 Å². The molecule has 0 bridgehead atoms. The normalized spacial score (nSPS) is 10.2. The fourth-order valence-electron chi connectivity index (χ4n) is 0.960. The maximum absolute atomic E-state index is 10.2. The first kappa shape index (κ1) is 10.1. The van der Waals surface area contributed by atoms with E-state index in [1.807, 2.05) is 17.8 Å². The summed E-state index contributed by atoms with van der Waals surface area (Å²) in [4.78, 5) is 14.3. The molecule has 0 atom stereocenters. The van der Waals surface area contributed by atoms with Gasteiger partial charge in [0.15, 0.2) is 0 Å². The molecule has 0 aliphatic heterocycles. The van der Waals surface area contributed by atoms with Gasteiger partial charge in [-0.15, -0.1) is 11.8 Å². The van der Waals surface area contributed by atoms with E-state index in [1.54, 1.807) is 6.20 Å². The van der Waals surface area contributed by atoms with Crippen LogP contribution in [0.1, 0.15) is 5.82 Å². The van der Waals surface area contributed by atoms with Gasteiger partial charge < -0.3 is 9.67 Å². The molecular formula is C8H12N2O2S. The number of thioether (sulfide) groups is 1. The summed E-state index contributed by atoms with van der Waals surface area (Å²) in [6.07, 6.45) is 4.45. The fourth-order valence-corrected chi connectivity index (χ4v) is 1.61. The Morgan fingerprint density at radius 2 is 2.54 bits per heavy atom. The van der Waals surface area contributed by atoms with Gasteiger partial charge in [0.05, 0.1) is 5.75 Å². The van der Waals surface area contributed by atoms with E-state index in [1.165, 1.54) is 11.8 Å². The highest BCUT2D eigenvalue weighted by molar-refractivity contribution is 7.99. The minimum Gasteiger partial charge on any atom is -0.481 e. The van der Waals surface area contributed by atoms with E-state index in [2.05, 4.69) is 4.98 Å². The van der Waals surface area contributed by atoms with E-state index in [-0.39, 0.29) is 5.75 Å². The van der Waals surface area contributed by atoms with Crippen LogP contribution < -0.4 is 0 Å². The predicted molar refractivity (Wildman–Crippen MR) is 51.9 cm³/mol. The Kier molecular flexibility index (Phi) is 3.82. The molecule has 13 heavy (non-hydrogen) atoms. The van der Waals surface area contributed by atoms with E-state index < -0.39 is 5.97 Å². The average Bonchev–Trinajstić information content (AvgIpc) is 2.45. The molecule has 0 radical (unpaired) electrons. The van der Waals surface area contributed by atoms with Gasteiger partial charge in [-0.2, -0.15) is 0 Å². The lowest BCUT2D eigenvalue weighted by molar-refractivity contribution is -0.133. The van der Waals surface area contributed by atoms with Gasteiger partial charge in [-0.05, 0) is 0 Å². The maximum Gasteiger partial charge on any atom is 0.313 e. The lowest BCUT2D eigenvalue weighted by Crippen LogP contribution is -2.02. The molecule has 1 heterocycles. The lowest BCUT2D eigenvalue weighted by Gasteiger charge is -1.99. The second kappa shape index (κ2) is 4.91. The van der Waals surface area contributed by atoms with Crippen LogP contribution in [0.4, 0.5) is 0 Å². The van der Waals surface area contributed by atoms with Crippen molar-refractivity contribution in [3.05, 3.63) is 18.2 Å². The summed E-state index contributed by atoms with van der Waals surface area (Å²) in [7, 11) is 1.93. The molecule has 1 aromatic heterocycles. The molecule has 0 spiro atoms. The zero-order valence-corrected chi connectivity index (χ0v) is 8.25. The van der Waals surface area contributed by atoms with Crippen LogP contribution >= 0.6 is 11.8 Å². The molecule has 0 saturated heterocycles. The molecule has 0 aromatic carbocycles. The second-order valence-electron chi connectivity index (χ2n) is 2.65. The lowest BCUT2D eigenvalue weighted by atomic mass is 10.4. The van der Waals surface area contributed by atoms with Crippen LogP contribution in [0.25, 0.3) is 0 Å². The number of hydrogen-bond donors (Lipinski definition) is 1. The number of carboxylic acids is 1. The molecule has 0 aliphatic carbocycles. The molecule has 72 valence electrons. The Balaban J connectivity index is 2.20. The van der Waals surface area contributed by atoms with Crippen molar-refractivity contribution in [3.63, 3.8) is 0 Å². The van der Waals surface area contributed by atoms with E-state index >= 15 is 0 Å². The first-order chi connectivity index (χ1) is 6.20. The average molecular weight is 200 g/mol. The van der Waals surface area contributed by atoms with E-state index in [0.717, 1.165) is 18.0 Å². The Hall–Kier alpha value is -0.970. The van der Waals surface area contributed by atoms with Crippen LogP contribution in [-0.2, 0) is 18.3 Å². The third-order valence-corrected chi connectivity index (χ3v) is 2.56. The largest absolute Gasteiger partial charge is 0.481 e. The van der Waals surface area contributed by atoms with Crippen LogP contribution in [0.3, 0.4) is 0 Å². The SMILES string of the molecule is Cn1ccnc1CCSCC(=O)O. The summed E-state index contributed by atoms with van der Waals surface area (Å²) in [5.74, 6) is 1.21. The number of hydrogen-bond acceptors (Lipinski definition) is 3. The molecule has 0 unspecified atom stereocenters. The van der Waals surface area contributed by atoms with Gasteiger partial charge in [0.1, 0.15) is 5.82 Å². The molecule has 1 rings (SSSR count). The molecule has 1 N–H and O–H groups in total. The van der Waals surface area contributed by atoms with Crippen molar-refractivity contribution in [2.24, 2.45) is 7.05 Å². The highest BCUT2D eigenvalue weighted by Gasteiger charge is 2.00. The number of carbonyl (C=O) groups is 1. The minimum absolute atomic E-state index is 0.171. The van der Waals surface area contributed by atoms with Crippen molar-refractivity contribution >= 4 is 17.7 Å². The highest BCUT2D eigenvalue weighted by atomic mass is 32.2. The number of aryl methyl sites for hydroxylation is 2. The molecule has 0 amide bonds. The maximum atomic E-state index is 10.2. The Bertz CT molecular complexity index is 285. The van der Waals surface area contributed by atoms with E-state index in [4.69, 9.17) is 5.11 Å². The zero-order chi connectivity index (χ0) is 9.68. The second-order valence-corrected chi connectivity index (χ2v) is 3.76. The monoisotopic (exact) mass is 200 g/mol. The van der Waals surface area contributed by atoms with Gasteiger partial charge >= 0.3 is 5.97 Å². The van der Waals surface area contributed by atoms with Gasteiger partial charge in [-0.25, -0.2) is 4.98 Å². The molecule has 1 aromatic rings. The summed E-state index contributed by atoms with van der Waals surface area (Å²) in [5, 5.41) is 8.38. The third-order valence-electron chi connectivity index (χ3n) is 1.62. The first-order valence-corrected chi connectivity index (χ1v) is 5.11. The quantitative estimate of drug-likeness (QED) is 0.714. The van der Waals surface area contributed by atoms with Gasteiger partial charge in [0, 0.05) is 31.6 Å². The summed E-state index contributed by atoms with van der Waals surface area (Å²) in [6.45, 7) is 0. The van der Waals surface area contributed by atoms with Crippen LogP contribution in [0.2, 0.25) is 0 Å². The van der Waals surface area contributed by atoms with Crippen LogP contribution in [0, 0.1) is 0 Å². The Morgan fingerprint density at radius 1 is 1.77 bits per heavy atom. The number of imidazole rings is 1.